The molecule has 1 fully saturated rings. The van der Waals surface area contributed by atoms with Crippen molar-refractivity contribution in [2.75, 3.05) is 42.9 Å². The van der Waals surface area contributed by atoms with E-state index in [1.165, 1.54) is 0 Å². The zero-order chi connectivity index (χ0) is 23.3. The van der Waals surface area contributed by atoms with E-state index in [4.69, 9.17) is 4.74 Å². The summed E-state index contributed by atoms with van der Waals surface area (Å²) in [6.07, 6.45) is 0.286. The molecule has 1 N–H and O–H groups in total. The van der Waals surface area contributed by atoms with Crippen molar-refractivity contribution in [1.29, 1.82) is 0 Å². The lowest BCUT2D eigenvalue weighted by Crippen LogP contribution is -2.49. The van der Waals surface area contributed by atoms with Crippen molar-refractivity contribution < 1.29 is 17.9 Å². The van der Waals surface area contributed by atoms with Gasteiger partial charge in [-0.15, -0.1) is 0 Å². The van der Waals surface area contributed by atoms with Crippen LogP contribution in [0.1, 0.15) is 5.56 Å². The number of hydrogen-bond acceptors (Lipinski definition) is 5. The lowest BCUT2D eigenvalue weighted by atomic mass is 10.1. The van der Waals surface area contributed by atoms with Gasteiger partial charge >= 0.3 is 0 Å². The maximum absolute atomic E-state index is 12.8. The molecule has 7 nitrogen and oxygen atoms in total. The number of carbonyl (C=O) groups is 1. The molecule has 3 aromatic carbocycles. The first-order valence-electron chi connectivity index (χ1n) is 10.8. The van der Waals surface area contributed by atoms with Crippen LogP contribution in [-0.4, -0.2) is 52.5 Å². The molecule has 1 heterocycles. The number of sulfonamides is 1. The number of anilines is 2. The smallest absolute Gasteiger partial charge is 0.261 e. The van der Waals surface area contributed by atoms with Crippen molar-refractivity contribution in [3.8, 4) is 5.75 Å². The minimum absolute atomic E-state index is 0.0713. The number of ether oxygens (including phenoxy) is 1. The number of methoxy groups -OCH3 is 1. The summed E-state index contributed by atoms with van der Waals surface area (Å²) in [4.78, 5) is 17.1. The molecule has 33 heavy (non-hydrogen) atoms. The van der Waals surface area contributed by atoms with Crippen LogP contribution < -0.4 is 14.4 Å². The standard InChI is InChI=1S/C25H27N3O4S/c1-32-23-13-11-22(12-14-23)27-15-17-28(18-16-27)25(29)19-20-7-9-21(10-8-20)26-33(30,31)24-5-3-2-4-6-24/h2-14,26H,15-19H2,1H3. The van der Waals surface area contributed by atoms with Crippen LogP contribution in [-0.2, 0) is 21.2 Å². The van der Waals surface area contributed by atoms with Crippen LogP contribution in [0.15, 0.2) is 83.8 Å². The van der Waals surface area contributed by atoms with Gasteiger partial charge in [0.1, 0.15) is 5.75 Å². The van der Waals surface area contributed by atoms with Gasteiger partial charge in [-0.3, -0.25) is 9.52 Å². The molecule has 0 spiro atoms. The first-order valence-corrected chi connectivity index (χ1v) is 12.3. The zero-order valence-corrected chi connectivity index (χ0v) is 19.3. The van der Waals surface area contributed by atoms with Crippen LogP contribution in [0.4, 0.5) is 11.4 Å². The second-order valence-corrected chi connectivity index (χ2v) is 9.54. The van der Waals surface area contributed by atoms with Gasteiger partial charge in [-0.2, -0.15) is 0 Å². The molecule has 0 saturated carbocycles. The Kier molecular flexibility index (Phi) is 6.84. The van der Waals surface area contributed by atoms with Gasteiger partial charge in [-0.05, 0) is 54.1 Å². The number of benzene rings is 3. The number of nitrogens with zero attached hydrogens (tertiary/aromatic N) is 2. The molecule has 172 valence electrons. The summed E-state index contributed by atoms with van der Waals surface area (Å²) in [6.45, 7) is 2.89. The van der Waals surface area contributed by atoms with Crippen LogP contribution in [0.2, 0.25) is 0 Å². The highest BCUT2D eigenvalue weighted by molar-refractivity contribution is 7.92. The topological polar surface area (TPSA) is 79.0 Å². The number of carbonyl (C=O) groups excluding carboxylic acids is 1. The van der Waals surface area contributed by atoms with Crippen LogP contribution in [0.3, 0.4) is 0 Å². The maximum Gasteiger partial charge on any atom is 0.261 e. The molecule has 1 saturated heterocycles. The Morgan fingerprint density at radius 3 is 2.12 bits per heavy atom. The molecule has 1 amide bonds. The fraction of sp³-hybridized carbons (Fsp3) is 0.240. The van der Waals surface area contributed by atoms with Gasteiger partial charge in [0, 0.05) is 37.6 Å². The van der Waals surface area contributed by atoms with Crippen LogP contribution in [0.5, 0.6) is 5.75 Å². The van der Waals surface area contributed by atoms with Gasteiger partial charge in [0.15, 0.2) is 0 Å². The van der Waals surface area contributed by atoms with Crippen LogP contribution >= 0.6 is 0 Å². The summed E-state index contributed by atoms with van der Waals surface area (Å²) in [7, 11) is -1.99. The Labute approximate surface area is 194 Å². The van der Waals surface area contributed by atoms with Crippen molar-refractivity contribution in [1.82, 2.24) is 4.90 Å². The Morgan fingerprint density at radius 2 is 1.52 bits per heavy atom. The van der Waals surface area contributed by atoms with E-state index in [0.717, 1.165) is 30.1 Å². The molecule has 0 unspecified atom stereocenters. The second kappa shape index (κ2) is 9.95. The van der Waals surface area contributed by atoms with E-state index >= 15 is 0 Å². The fourth-order valence-electron chi connectivity index (χ4n) is 3.80. The summed E-state index contributed by atoms with van der Waals surface area (Å²) in [5.74, 6) is 0.897. The quantitative estimate of drug-likeness (QED) is 0.579. The molecule has 8 heteroatoms. The molecular formula is C25H27N3O4S. The van der Waals surface area contributed by atoms with E-state index in [-0.39, 0.29) is 17.2 Å². The summed E-state index contributed by atoms with van der Waals surface area (Å²) < 4.78 is 32.7. The maximum atomic E-state index is 12.8. The van der Waals surface area contributed by atoms with Crippen molar-refractivity contribution in [3.05, 3.63) is 84.4 Å². The van der Waals surface area contributed by atoms with Gasteiger partial charge in [-0.1, -0.05) is 30.3 Å². The van der Waals surface area contributed by atoms with Gasteiger partial charge in [0.25, 0.3) is 10.0 Å². The third-order valence-electron chi connectivity index (χ3n) is 5.68. The van der Waals surface area contributed by atoms with Crippen molar-refractivity contribution >= 4 is 27.3 Å². The number of piperazine rings is 1. The van der Waals surface area contributed by atoms with Gasteiger partial charge in [-0.25, -0.2) is 8.42 Å². The van der Waals surface area contributed by atoms with Gasteiger partial charge in [0.2, 0.25) is 5.91 Å². The molecule has 0 bridgehead atoms. The normalized spacial score (nSPS) is 14.1. The average molecular weight is 466 g/mol. The van der Waals surface area contributed by atoms with Gasteiger partial charge < -0.3 is 14.5 Å². The fourth-order valence-corrected chi connectivity index (χ4v) is 4.88. The first kappa shape index (κ1) is 22.7. The molecule has 0 aromatic heterocycles. The Hall–Kier alpha value is -3.52. The highest BCUT2D eigenvalue weighted by Gasteiger charge is 2.21. The zero-order valence-electron chi connectivity index (χ0n) is 18.5. The number of hydrogen-bond donors (Lipinski definition) is 1. The molecule has 1 aliphatic rings. The minimum Gasteiger partial charge on any atom is -0.497 e. The van der Waals surface area contributed by atoms with Crippen LogP contribution in [0, 0.1) is 0 Å². The third-order valence-corrected chi connectivity index (χ3v) is 7.08. The summed E-state index contributed by atoms with van der Waals surface area (Å²) in [6, 6.07) is 23.1. The number of nitrogens with one attached hydrogen (secondary N) is 1. The summed E-state index contributed by atoms with van der Waals surface area (Å²) in [5.41, 5.74) is 2.43. The van der Waals surface area contributed by atoms with Crippen LogP contribution in [0.25, 0.3) is 0 Å². The van der Waals surface area contributed by atoms with E-state index in [2.05, 4.69) is 9.62 Å². The molecule has 1 aliphatic heterocycles. The monoisotopic (exact) mass is 465 g/mol. The van der Waals surface area contributed by atoms with E-state index in [9.17, 15) is 13.2 Å². The van der Waals surface area contributed by atoms with Crippen molar-refractivity contribution in [2.45, 2.75) is 11.3 Å². The van der Waals surface area contributed by atoms with Crippen molar-refractivity contribution in [2.24, 2.45) is 0 Å². The molecule has 0 atom stereocenters. The minimum atomic E-state index is -3.64. The molecule has 0 radical (unpaired) electrons. The molecule has 3 aromatic rings. The van der Waals surface area contributed by atoms with E-state index in [1.54, 1.807) is 61.7 Å². The SMILES string of the molecule is COc1ccc(N2CCN(C(=O)Cc3ccc(NS(=O)(=O)c4ccccc4)cc3)CC2)cc1. The predicted octanol–water partition coefficient (Wildman–Crippen LogP) is 3.39. The highest BCUT2D eigenvalue weighted by atomic mass is 32.2. The first-order chi connectivity index (χ1) is 15.9. The van der Waals surface area contributed by atoms with Crippen molar-refractivity contribution in [3.63, 3.8) is 0 Å². The Morgan fingerprint density at radius 1 is 0.879 bits per heavy atom. The Bertz CT molecular complexity index is 1170. The highest BCUT2D eigenvalue weighted by Crippen LogP contribution is 2.21. The molecule has 4 rings (SSSR count). The van der Waals surface area contributed by atoms with E-state index < -0.39 is 10.0 Å². The largest absolute Gasteiger partial charge is 0.497 e. The van der Waals surface area contributed by atoms with E-state index in [1.807, 2.05) is 29.2 Å². The predicted molar refractivity (Wildman–Crippen MR) is 129 cm³/mol. The Balaban J connectivity index is 1.30. The lowest BCUT2D eigenvalue weighted by Gasteiger charge is -2.36. The third kappa shape index (κ3) is 5.64. The number of amides is 1. The van der Waals surface area contributed by atoms with E-state index in [0.29, 0.717) is 18.8 Å². The summed E-state index contributed by atoms with van der Waals surface area (Å²) >= 11 is 0. The molecule has 0 aliphatic carbocycles. The lowest BCUT2D eigenvalue weighted by molar-refractivity contribution is -0.130. The molecular weight excluding hydrogens is 438 g/mol. The summed E-state index contributed by atoms with van der Waals surface area (Å²) in [5, 5.41) is 0. The van der Waals surface area contributed by atoms with Gasteiger partial charge in [0.05, 0.1) is 18.4 Å². The second-order valence-electron chi connectivity index (χ2n) is 7.86. The number of rotatable bonds is 7. The average Bonchev–Trinajstić information content (AvgIpc) is 2.86.